The minimum atomic E-state index is -0.120. The normalized spacial score (nSPS) is 47.5. The van der Waals surface area contributed by atoms with Crippen LogP contribution in [0, 0.1) is 23.2 Å². The van der Waals surface area contributed by atoms with Gasteiger partial charge in [-0.2, -0.15) is 0 Å². The number of hydrogen-bond acceptors (Lipinski definition) is 2. The molecule has 0 aromatic heterocycles. The maximum absolute atomic E-state index is 10.8. The van der Waals surface area contributed by atoms with Crippen LogP contribution in [-0.4, -0.2) is 36.2 Å². The van der Waals surface area contributed by atoms with Gasteiger partial charge in [0.15, 0.2) is 0 Å². The predicted molar refractivity (Wildman–Crippen MR) is 69.8 cm³/mol. The first-order chi connectivity index (χ1) is 8.00. The molecule has 4 aliphatic rings. The van der Waals surface area contributed by atoms with Gasteiger partial charge in [-0.3, -0.25) is 0 Å². The summed E-state index contributed by atoms with van der Waals surface area (Å²) in [4.78, 5) is 2.18. The smallest absolute Gasteiger partial charge is 0.0748 e. The van der Waals surface area contributed by atoms with Gasteiger partial charge in [0, 0.05) is 6.04 Å². The first-order valence-corrected chi connectivity index (χ1v) is 7.35. The lowest BCUT2D eigenvalue weighted by molar-refractivity contribution is -0.137. The Morgan fingerprint density at radius 3 is 1.76 bits per heavy atom. The molecule has 4 aliphatic carbocycles. The maximum Gasteiger partial charge on any atom is 0.0748 e. The fraction of sp³-hybridized carbons (Fsp3) is 1.00. The van der Waals surface area contributed by atoms with Gasteiger partial charge in [-0.25, -0.2) is 0 Å². The lowest BCUT2D eigenvalue weighted by Crippen LogP contribution is -2.56. The Kier molecular flexibility index (Phi) is 2.79. The molecule has 4 bridgehead atoms. The molecule has 0 amide bonds. The summed E-state index contributed by atoms with van der Waals surface area (Å²) in [5.74, 6) is 2.81. The molecule has 17 heavy (non-hydrogen) atoms. The highest BCUT2D eigenvalue weighted by Crippen LogP contribution is 2.61. The molecule has 0 radical (unpaired) electrons. The first-order valence-electron chi connectivity index (χ1n) is 7.35. The summed E-state index contributed by atoms with van der Waals surface area (Å²) < 4.78 is 0. The molecule has 0 spiro atoms. The molecule has 98 valence electrons. The second-order valence-corrected chi connectivity index (χ2v) is 7.43. The molecule has 0 aromatic carbocycles. The molecule has 0 saturated heterocycles. The summed E-state index contributed by atoms with van der Waals surface area (Å²) >= 11 is 0. The molecule has 0 aliphatic heterocycles. The van der Waals surface area contributed by atoms with E-state index in [0.29, 0.717) is 6.04 Å². The van der Waals surface area contributed by atoms with Crippen molar-refractivity contribution in [2.75, 3.05) is 14.1 Å². The van der Waals surface area contributed by atoms with E-state index in [0.717, 1.165) is 17.8 Å². The van der Waals surface area contributed by atoms with Crippen LogP contribution < -0.4 is 0 Å². The van der Waals surface area contributed by atoms with E-state index in [9.17, 15) is 5.11 Å². The van der Waals surface area contributed by atoms with Gasteiger partial charge < -0.3 is 10.0 Å². The van der Waals surface area contributed by atoms with E-state index < -0.39 is 0 Å². The highest BCUT2D eigenvalue weighted by Gasteiger charge is 2.54. The summed E-state index contributed by atoms with van der Waals surface area (Å²) in [6.45, 7) is 2.18. The second kappa shape index (κ2) is 3.96. The van der Waals surface area contributed by atoms with Gasteiger partial charge >= 0.3 is 0 Å². The Morgan fingerprint density at radius 1 is 1.00 bits per heavy atom. The van der Waals surface area contributed by atoms with Crippen molar-refractivity contribution >= 4 is 0 Å². The molecule has 2 heteroatoms. The fourth-order valence-electron chi connectivity index (χ4n) is 5.33. The zero-order chi connectivity index (χ0) is 12.2. The van der Waals surface area contributed by atoms with Crippen LogP contribution >= 0.6 is 0 Å². The Balaban J connectivity index is 1.81. The topological polar surface area (TPSA) is 23.5 Å². The quantitative estimate of drug-likeness (QED) is 0.815. The monoisotopic (exact) mass is 237 g/mol. The fourth-order valence-corrected chi connectivity index (χ4v) is 5.33. The van der Waals surface area contributed by atoms with Crippen molar-refractivity contribution in [3.63, 3.8) is 0 Å². The van der Waals surface area contributed by atoms with Crippen molar-refractivity contribution < 1.29 is 5.11 Å². The third-order valence-corrected chi connectivity index (χ3v) is 5.98. The van der Waals surface area contributed by atoms with Crippen LogP contribution in [0.2, 0.25) is 0 Å². The Morgan fingerprint density at radius 2 is 1.41 bits per heavy atom. The number of aliphatic hydroxyl groups is 1. The zero-order valence-corrected chi connectivity index (χ0v) is 11.5. The van der Waals surface area contributed by atoms with Crippen LogP contribution in [0.25, 0.3) is 0 Å². The summed E-state index contributed by atoms with van der Waals surface area (Å²) in [5, 5.41) is 10.8. The van der Waals surface area contributed by atoms with Crippen molar-refractivity contribution in [1.29, 1.82) is 0 Å². The SMILES string of the molecule is C[C@H]([C@@H](O)C12CC3CC(CC(C3)C1)C2)N(C)C. The number of rotatable bonds is 3. The molecule has 0 unspecified atom stereocenters. The van der Waals surface area contributed by atoms with Crippen molar-refractivity contribution in [3.8, 4) is 0 Å². The van der Waals surface area contributed by atoms with Gasteiger partial charge in [0.25, 0.3) is 0 Å². The summed E-state index contributed by atoms with van der Waals surface area (Å²) in [6, 6.07) is 0.297. The lowest BCUT2D eigenvalue weighted by Gasteiger charge is -2.59. The number of likely N-dealkylation sites (N-methyl/N-ethyl adjacent to an activating group) is 1. The van der Waals surface area contributed by atoms with Crippen molar-refractivity contribution in [2.45, 2.75) is 57.6 Å². The van der Waals surface area contributed by atoms with E-state index in [-0.39, 0.29) is 11.5 Å². The Hall–Kier alpha value is -0.0800. The summed E-state index contributed by atoms with van der Waals surface area (Å²) in [5.41, 5.74) is 0.276. The van der Waals surface area contributed by atoms with E-state index in [1.54, 1.807) is 0 Å². The average molecular weight is 237 g/mol. The molecule has 4 fully saturated rings. The second-order valence-electron chi connectivity index (χ2n) is 7.43. The average Bonchev–Trinajstić information content (AvgIpc) is 2.25. The van der Waals surface area contributed by atoms with Crippen LogP contribution in [0.1, 0.15) is 45.4 Å². The zero-order valence-electron chi connectivity index (χ0n) is 11.5. The molecule has 4 saturated carbocycles. The van der Waals surface area contributed by atoms with Crippen LogP contribution in [0.3, 0.4) is 0 Å². The minimum Gasteiger partial charge on any atom is -0.391 e. The highest BCUT2D eigenvalue weighted by atomic mass is 16.3. The van der Waals surface area contributed by atoms with Gasteiger partial charge in [-0.15, -0.1) is 0 Å². The Bertz CT molecular complexity index is 264. The number of aliphatic hydroxyl groups excluding tert-OH is 1. The largest absolute Gasteiger partial charge is 0.391 e. The molecular formula is C15H27NO. The van der Waals surface area contributed by atoms with Gasteiger partial charge in [0.05, 0.1) is 6.10 Å². The number of hydrogen-bond donors (Lipinski definition) is 1. The lowest BCUT2D eigenvalue weighted by atomic mass is 9.47. The van der Waals surface area contributed by atoms with Crippen LogP contribution in [0.4, 0.5) is 0 Å². The molecular weight excluding hydrogens is 210 g/mol. The van der Waals surface area contributed by atoms with Crippen LogP contribution in [-0.2, 0) is 0 Å². The number of nitrogens with zero attached hydrogens (tertiary/aromatic N) is 1. The molecule has 0 heterocycles. The predicted octanol–water partition coefficient (Wildman–Crippen LogP) is 2.51. The van der Waals surface area contributed by atoms with E-state index in [2.05, 4.69) is 25.9 Å². The third-order valence-electron chi connectivity index (χ3n) is 5.98. The molecule has 2 atom stereocenters. The standard InChI is InChI=1S/C15H27NO/c1-10(16(2)3)14(17)15-7-11-4-12(8-15)6-13(5-11)9-15/h10-14,17H,4-9H2,1-3H3/t10-,11?,12?,13?,14-,15?/m1/s1. The van der Waals surface area contributed by atoms with Crippen LogP contribution in [0.5, 0.6) is 0 Å². The molecule has 2 nitrogen and oxygen atoms in total. The van der Waals surface area contributed by atoms with E-state index >= 15 is 0 Å². The molecule has 4 rings (SSSR count). The van der Waals surface area contributed by atoms with Gasteiger partial charge in [-0.1, -0.05) is 0 Å². The van der Waals surface area contributed by atoms with Gasteiger partial charge in [0.1, 0.15) is 0 Å². The molecule has 0 aromatic rings. The van der Waals surface area contributed by atoms with Crippen LogP contribution in [0.15, 0.2) is 0 Å². The van der Waals surface area contributed by atoms with Crippen molar-refractivity contribution in [2.24, 2.45) is 23.2 Å². The minimum absolute atomic E-state index is 0.120. The highest BCUT2D eigenvalue weighted by molar-refractivity contribution is 5.05. The van der Waals surface area contributed by atoms with E-state index in [1.165, 1.54) is 38.5 Å². The molecule has 1 N–H and O–H groups in total. The summed E-state index contributed by atoms with van der Waals surface area (Å²) in [6.07, 6.45) is 8.17. The van der Waals surface area contributed by atoms with Gasteiger partial charge in [0.2, 0.25) is 0 Å². The van der Waals surface area contributed by atoms with Crippen molar-refractivity contribution in [1.82, 2.24) is 4.90 Å². The van der Waals surface area contributed by atoms with Crippen molar-refractivity contribution in [3.05, 3.63) is 0 Å². The third kappa shape index (κ3) is 1.84. The van der Waals surface area contributed by atoms with E-state index in [1.807, 2.05) is 0 Å². The maximum atomic E-state index is 10.8. The summed E-state index contributed by atoms with van der Waals surface area (Å²) in [7, 11) is 4.18. The Labute approximate surface area is 105 Å². The van der Waals surface area contributed by atoms with Gasteiger partial charge in [-0.05, 0) is 82.7 Å². The first kappa shape index (κ1) is 12.0. The van der Waals surface area contributed by atoms with E-state index in [4.69, 9.17) is 0 Å².